The monoisotopic (exact) mass is 255 g/mol. The quantitative estimate of drug-likeness (QED) is 0.603. The molecule has 0 amide bonds. The van der Waals surface area contributed by atoms with Gasteiger partial charge < -0.3 is 4.74 Å². The van der Waals surface area contributed by atoms with Crippen molar-refractivity contribution in [3.63, 3.8) is 0 Å². The summed E-state index contributed by atoms with van der Waals surface area (Å²) in [6, 6.07) is 19.6. The van der Waals surface area contributed by atoms with Gasteiger partial charge >= 0.3 is 0 Å². The molecule has 0 aromatic heterocycles. The lowest BCUT2D eigenvalue weighted by Gasteiger charge is -2.06. The van der Waals surface area contributed by atoms with Crippen molar-refractivity contribution in [2.75, 3.05) is 12.4 Å². The molecule has 0 aliphatic carbocycles. The van der Waals surface area contributed by atoms with E-state index in [2.05, 4.69) is 18.2 Å². The molecule has 3 heteroatoms. The zero-order valence-electron chi connectivity index (χ0n) is 9.87. The molecule has 2 aromatic carbocycles. The first kappa shape index (κ1) is 12.5. The lowest BCUT2D eigenvalue weighted by atomic mass is 10.2. The van der Waals surface area contributed by atoms with E-state index in [4.69, 9.17) is 10.00 Å². The second kappa shape index (κ2) is 6.73. The summed E-state index contributed by atoms with van der Waals surface area (Å²) < 4.78 is 5.60. The maximum atomic E-state index is 8.77. The molecular formula is C15H13NOS. The largest absolute Gasteiger partial charge is 0.493 e. The van der Waals surface area contributed by atoms with Crippen molar-refractivity contribution in [3.8, 4) is 11.8 Å². The highest BCUT2D eigenvalue weighted by Gasteiger charge is 1.97. The van der Waals surface area contributed by atoms with Gasteiger partial charge in [0, 0.05) is 10.6 Å². The second-order valence-electron chi connectivity index (χ2n) is 3.65. The molecule has 2 aromatic rings. The van der Waals surface area contributed by atoms with Crippen LogP contribution in [0.1, 0.15) is 5.56 Å². The molecule has 0 unspecified atom stereocenters. The van der Waals surface area contributed by atoms with Crippen molar-refractivity contribution in [2.45, 2.75) is 4.90 Å². The van der Waals surface area contributed by atoms with E-state index in [1.54, 1.807) is 23.9 Å². The molecule has 0 aliphatic heterocycles. The molecule has 0 N–H and O–H groups in total. The number of hydrogen-bond acceptors (Lipinski definition) is 3. The molecule has 0 saturated heterocycles. The fourth-order valence-corrected chi connectivity index (χ4v) is 2.24. The van der Waals surface area contributed by atoms with E-state index in [0.717, 1.165) is 11.5 Å². The van der Waals surface area contributed by atoms with Gasteiger partial charge in [-0.15, -0.1) is 11.8 Å². The van der Waals surface area contributed by atoms with Gasteiger partial charge in [-0.1, -0.05) is 24.3 Å². The molecule has 0 atom stereocenters. The Balaban J connectivity index is 1.77. The van der Waals surface area contributed by atoms with Gasteiger partial charge in [-0.2, -0.15) is 5.26 Å². The maximum absolute atomic E-state index is 8.77. The van der Waals surface area contributed by atoms with Gasteiger partial charge in [0.05, 0.1) is 18.2 Å². The van der Waals surface area contributed by atoms with E-state index in [-0.39, 0.29) is 0 Å². The molecule has 0 radical (unpaired) electrons. The number of ether oxygens (including phenoxy) is 1. The molecule has 0 saturated carbocycles. The number of nitrogens with zero attached hydrogens (tertiary/aromatic N) is 1. The smallest absolute Gasteiger partial charge is 0.120 e. The minimum Gasteiger partial charge on any atom is -0.493 e. The van der Waals surface area contributed by atoms with E-state index < -0.39 is 0 Å². The average Bonchev–Trinajstić information content (AvgIpc) is 2.45. The zero-order chi connectivity index (χ0) is 12.6. The molecular weight excluding hydrogens is 242 g/mol. The molecule has 90 valence electrons. The van der Waals surface area contributed by atoms with Crippen LogP contribution in [0.5, 0.6) is 5.75 Å². The molecule has 2 nitrogen and oxygen atoms in total. The van der Waals surface area contributed by atoms with Gasteiger partial charge in [-0.05, 0) is 30.3 Å². The fraction of sp³-hybridized carbons (Fsp3) is 0.133. The van der Waals surface area contributed by atoms with E-state index in [1.807, 2.05) is 30.3 Å². The Kier molecular flexibility index (Phi) is 4.68. The van der Waals surface area contributed by atoms with Crippen LogP contribution in [-0.2, 0) is 0 Å². The van der Waals surface area contributed by atoms with E-state index in [9.17, 15) is 0 Å². The third-order valence-electron chi connectivity index (χ3n) is 2.33. The fourth-order valence-electron chi connectivity index (χ4n) is 1.49. The highest BCUT2D eigenvalue weighted by atomic mass is 32.2. The van der Waals surface area contributed by atoms with Gasteiger partial charge in [0.2, 0.25) is 0 Å². The van der Waals surface area contributed by atoms with Crippen LogP contribution >= 0.6 is 11.8 Å². The first-order valence-corrected chi connectivity index (χ1v) is 6.68. The lowest BCUT2D eigenvalue weighted by molar-refractivity contribution is 0.344. The Bertz CT molecular complexity index is 534. The number of rotatable bonds is 5. The highest BCUT2D eigenvalue weighted by molar-refractivity contribution is 7.99. The first-order chi connectivity index (χ1) is 8.88. The number of benzene rings is 2. The molecule has 0 fully saturated rings. The van der Waals surface area contributed by atoms with Crippen molar-refractivity contribution in [2.24, 2.45) is 0 Å². The summed E-state index contributed by atoms with van der Waals surface area (Å²) in [4.78, 5) is 1.24. The van der Waals surface area contributed by atoms with Crippen LogP contribution < -0.4 is 4.74 Å². The van der Waals surface area contributed by atoms with Crippen molar-refractivity contribution >= 4 is 11.8 Å². The Morgan fingerprint density at radius 3 is 2.67 bits per heavy atom. The van der Waals surface area contributed by atoms with Crippen molar-refractivity contribution in [1.82, 2.24) is 0 Å². The third kappa shape index (κ3) is 3.83. The van der Waals surface area contributed by atoms with Crippen LogP contribution in [0.15, 0.2) is 59.5 Å². The predicted octanol–water partition coefficient (Wildman–Crippen LogP) is 3.73. The summed E-state index contributed by atoms with van der Waals surface area (Å²) in [7, 11) is 0. The van der Waals surface area contributed by atoms with E-state index >= 15 is 0 Å². The normalized spacial score (nSPS) is 9.72. The van der Waals surface area contributed by atoms with E-state index in [1.165, 1.54) is 4.90 Å². The van der Waals surface area contributed by atoms with Gasteiger partial charge in [0.15, 0.2) is 0 Å². The number of thioether (sulfide) groups is 1. The molecule has 0 bridgehead atoms. The summed E-state index contributed by atoms with van der Waals surface area (Å²) in [6.45, 7) is 0.633. The van der Waals surface area contributed by atoms with Crippen LogP contribution in [0.2, 0.25) is 0 Å². The van der Waals surface area contributed by atoms with E-state index in [0.29, 0.717) is 12.2 Å². The van der Waals surface area contributed by atoms with Gasteiger partial charge in [0.1, 0.15) is 5.75 Å². The first-order valence-electron chi connectivity index (χ1n) is 5.69. The molecule has 0 aliphatic rings. The Morgan fingerprint density at radius 1 is 1.06 bits per heavy atom. The lowest BCUT2D eigenvalue weighted by Crippen LogP contribution is -2.00. The molecule has 0 heterocycles. The SMILES string of the molecule is N#Cc1cccc(OCCSc2ccccc2)c1. The molecule has 0 spiro atoms. The van der Waals surface area contributed by atoms with Crippen LogP contribution in [0, 0.1) is 11.3 Å². The minimum absolute atomic E-state index is 0.628. The summed E-state index contributed by atoms with van der Waals surface area (Å²) in [5.74, 6) is 1.64. The summed E-state index contributed by atoms with van der Waals surface area (Å²) in [5, 5.41) is 8.77. The number of nitriles is 1. The third-order valence-corrected chi connectivity index (χ3v) is 3.30. The Hall–Kier alpha value is -1.92. The molecule has 18 heavy (non-hydrogen) atoms. The van der Waals surface area contributed by atoms with Crippen LogP contribution in [0.3, 0.4) is 0 Å². The standard InChI is InChI=1S/C15H13NOS/c16-12-13-5-4-6-14(11-13)17-9-10-18-15-7-2-1-3-8-15/h1-8,11H,9-10H2. The Labute approximate surface area is 111 Å². The number of hydrogen-bond donors (Lipinski definition) is 0. The average molecular weight is 255 g/mol. The van der Waals surface area contributed by atoms with Gasteiger partial charge in [-0.3, -0.25) is 0 Å². The second-order valence-corrected chi connectivity index (χ2v) is 4.82. The van der Waals surface area contributed by atoms with Gasteiger partial charge in [-0.25, -0.2) is 0 Å². The summed E-state index contributed by atoms with van der Waals surface area (Å²) in [6.07, 6.45) is 0. The highest BCUT2D eigenvalue weighted by Crippen LogP contribution is 2.18. The topological polar surface area (TPSA) is 33.0 Å². The van der Waals surface area contributed by atoms with Crippen LogP contribution in [0.4, 0.5) is 0 Å². The molecule has 2 rings (SSSR count). The van der Waals surface area contributed by atoms with Crippen LogP contribution in [0.25, 0.3) is 0 Å². The maximum Gasteiger partial charge on any atom is 0.120 e. The summed E-state index contributed by atoms with van der Waals surface area (Å²) in [5.41, 5.74) is 0.628. The van der Waals surface area contributed by atoms with Crippen molar-refractivity contribution < 1.29 is 4.74 Å². The minimum atomic E-state index is 0.628. The van der Waals surface area contributed by atoms with Crippen molar-refractivity contribution in [3.05, 3.63) is 60.2 Å². The predicted molar refractivity (Wildman–Crippen MR) is 73.8 cm³/mol. The van der Waals surface area contributed by atoms with Crippen LogP contribution in [-0.4, -0.2) is 12.4 Å². The summed E-state index contributed by atoms with van der Waals surface area (Å²) >= 11 is 1.76. The van der Waals surface area contributed by atoms with Gasteiger partial charge in [0.25, 0.3) is 0 Å². The zero-order valence-corrected chi connectivity index (χ0v) is 10.7. The Morgan fingerprint density at radius 2 is 1.89 bits per heavy atom. The van der Waals surface area contributed by atoms with Crippen molar-refractivity contribution in [1.29, 1.82) is 5.26 Å².